The molecule has 0 saturated carbocycles. The van der Waals surface area contributed by atoms with Gasteiger partial charge in [-0.05, 0) is 0 Å². The number of hydrogen-bond donors (Lipinski definition) is 0. The predicted octanol–water partition coefficient (Wildman–Crippen LogP) is -1.44. The number of hydrogen-bond acceptors (Lipinski definition) is 6. The maximum atomic E-state index is 12.1. The van der Waals surface area contributed by atoms with Crippen LogP contribution in [0, 0.1) is 0 Å². The number of amides is 2. The van der Waals surface area contributed by atoms with E-state index in [2.05, 4.69) is 0 Å². The number of ether oxygens (including phenoxy) is 1. The Bertz CT molecular complexity index is 513. The number of rotatable bonds is 4. The third kappa shape index (κ3) is 5.38. The van der Waals surface area contributed by atoms with Crippen molar-refractivity contribution in [1.29, 1.82) is 0 Å². The van der Waals surface area contributed by atoms with Crippen LogP contribution in [0.2, 0.25) is 0 Å². The second-order valence-electron chi connectivity index (χ2n) is 5.33. The van der Waals surface area contributed by atoms with Crippen LogP contribution in [0.3, 0.4) is 0 Å². The number of nitrogens with zero attached hydrogens (tertiary/aromatic N) is 3. The van der Waals surface area contributed by atoms with Crippen molar-refractivity contribution in [3.05, 3.63) is 0 Å². The molecule has 2 fully saturated rings. The van der Waals surface area contributed by atoms with Gasteiger partial charge in [0.2, 0.25) is 20.9 Å². The Labute approximate surface area is 134 Å². The van der Waals surface area contributed by atoms with E-state index in [9.17, 15) is 18.0 Å². The van der Waals surface area contributed by atoms with Gasteiger partial charge < -0.3 is 14.5 Å². The van der Waals surface area contributed by atoms with E-state index in [1.807, 2.05) is 4.90 Å². The summed E-state index contributed by atoms with van der Waals surface area (Å²) in [7, 11) is 1.26. The Balaban J connectivity index is 1.75. The molecule has 0 N–H and O–H groups in total. The lowest BCUT2D eigenvalue weighted by Crippen LogP contribution is -2.53. The zero-order valence-electron chi connectivity index (χ0n) is 12.2. The molecule has 2 rings (SSSR count). The molecule has 8 nitrogen and oxygen atoms in total. The number of carbonyl (C=O) groups is 2. The fourth-order valence-corrected chi connectivity index (χ4v) is 3.26. The molecule has 10 heteroatoms. The number of morpholine rings is 1. The van der Waals surface area contributed by atoms with Crippen molar-refractivity contribution in [1.82, 2.24) is 14.7 Å². The van der Waals surface area contributed by atoms with Crippen LogP contribution in [0.25, 0.3) is 0 Å². The van der Waals surface area contributed by atoms with Crippen LogP contribution in [0.4, 0.5) is 0 Å². The zero-order valence-corrected chi connectivity index (χ0v) is 13.8. The van der Waals surface area contributed by atoms with Gasteiger partial charge >= 0.3 is 0 Å². The van der Waals surface area contributed by atoms with E-state index in [-0.39, 0.29) is 5.91 Å². The maximum absolute atomic E-state index is 12.1. The molecule has 126 valence electrons. The Morgan fingerprint density at radius 2 is 1.45 bits per heavy atom. The van der Waals surface area contributed by atoms with Crippen LogP contribution in [0.5, 0.6) is 0 Å². The van der Waals surface area contributed by atoms with Gasteiger partial charge in [-0.1, -0.05) is 0 Å². The summed E-state index contributed by atoms with van der Waals surface area (Å²) in [5.74, 6) is -1.11. The van der Waals surface area contributed by atoms with E-state index in [0.717, 1.165) is 0 Å². The largest absolute Gasteiger partial charge is 0.378 e. The highest BCUT2D eigenvalue weighted by Gasteiger charge is 2.26. The first kappa shape index (κ1) is 17.5. The molecular formula is C12H20ClN3O5S. The standard InChI is InChI=1S/C12H20ClN3O5S/c13-22(19,20)10-12(18)15-3-1-14(2-4-15)9-11(17)16-5-7-21-8-6-16/h1-10H2. The fraction of sp³-hybridized carbons (Fsp3) is 0.833. The summed E-state index contributed by atoms with van der Waals surface area (Å²) in [5.41, 5.74) is 0. The third-order valence-electron chi connectivity index (χ3n) is 3.74. The first-order chi connectivity index (χ1) is 10.3. The van der Waals surface area contributed by atoms with Crippen molar-refractivity contribution >= 4 is 31.5 Å². The highest BCUT2D eigenvalue weighted by molar-refractivity contribution is 8.14. The van der Waals surface area contributed by atoms with Gasteiger partial charge in [0.25, 0.3) is 0 Å². The van der Waals surface area contributed by atoms with Gasteiger partial charge in [-0.2, -0.15) is 0 Å². The predicted molar refractivity (Wildman–Crippen MR) is 80.1 cm³/mol. The summed E-state index contributed by atoms with van der Waals surface area (Å²) < 4.78 is 27.0. The van der Waals surface area contributed by atoms with E-state index in [4.69, 9.17) is 15.4 Å². The lowest BCUT2D eigenvalue weighted by molar-refractivity contribution is -0.137. The lowest BCUT2D eigenvalue weighted by atomic mass is 10.3. The number of carbonyl (C=O) groups excluding carboxylic acids is 2. The highest BCUT2D eigenvalue weighted by Crippen LogP contribution is 2.07. The van der Waals surface area contributed by atoms with Crippen LogP contribution in [-0.4, -0.2) is 99.7 Å². The molecule has 0 unspecified atom stereocenters. The SMILES string of the molecule is O=C(CN1CCN(C(=O)CS(=O)(=O)Cl)CC1)N1CCOCC1. The van der Waals surface area contributed by atoms with Gasteiger partial charge in [-0.25, -0.2) is 8.42 Å². The summed E-state index contributed by atoms with van der Waals surface area (Å²) in [6.07, 6.45) is 0. The molecule has 2 heterocycles. The molecule has 0 aromatic carbocycles. The van der Waals surface area contributed by atoms with Crippen molar-refractivity contribution in [3.8, 4) is 0 Å². The molecule has 0 bridgehead atoms. The van der Waals surface area contributed by atoms with Crippen LogP contribution < -0.4 is 0 Å². The molecule has 0 radical (unpaired) electrons. The lowest BCUT2D eigenvalue weighted by Gasteiger charge is -2.35. The van der Waals surface area contributed by atoms with Crippen molar-refractivity contribution in [2.75, 3.05) is 64.8 Å². The molecule has 2 aliphatic heterocycles. The van der Waals surface area contributed by atoms with Crippen molar-refractivity contribution in [2.45, 2.75) is 0 Å². The van der Waals surface area contributed by atoms with Gasteiger partial charge in [-0.15, -0.1) is 0 Å². The average Bonchev–Trinajstić information content (AvgIpc) is 2.47. The smallest absolute Gasteiger partial charge is 0.241 e. The van der Waals surface area contributed by atoms with Crippen molar-refractivity contribution in [2.24, 2.45) is 0 Å². The van der Waals surface area contributed by atoms with Gasteiger partial charge in [0.15, 0.2) is 0 Å². The summed E-state index contributed by atoms with van der Waals surface area (Å²) >= 11 is 0. The molecule has 0 atom stereocenters. The quantitative estimate of drug-likeness (QED) is 0.575. The molecule has 0 aromatic heterocycles. The summed E-state index contributed by atoms with van der Waals surface area (Å²) in [6, 6.07) is 0. The monoisotopic (exact) mass is 353 g/mol. The van der Waals surface area contributed by atoms with Crippen LogP contribution in [0.15, 0.2) is 0 Å². The molecule has 2 saturated heterocycles. The minimum atomic E-state index is -3.82. The van der Waals surface area contributed by atoms with Crippen LogP contribution >= 0.6 is 10.7 Å². The normalized spacial score (nSPS) is 21.0. The Morgan fingerprint density at radius 3 is 2.00 bits per heavy atom. The van der Waals surface area contributed by atoms with Crippen LogP contribution in [0.1, 0.15) is 0 Å². The van der Waals surface area contributed by atoms with Gasteiger partial charge in [0, 0.05) is 50.0 Å². The minimum absolute atomic E-state index is 0.0615. The highest BCUT2D eigenvalue weighted by atomic mass is 35.7. The zero-order chi connectivity index (χ0) is 16.2. The first-order valence-corrected chi connectivity index (χ1v) is 9.61. The van der Waals surface area contributed by atoms with E-state index < -0.39 is 20.7 Å². The Morgan fingerprint density at radius 1 is 0.909 bits per heavy atom. The van der Waals surface area contributed by atoms with Crippen LogP contribution in [-0.2, 0) is 23.4 Å². The first-order valence-electron chi connectivity index (χ1n) is 7.13. The molecule has 0 aliphatic carbocycles. The molecule has 0 aromatic rings. The second kappa shape index (κ2) is 7.58. The van der Waals surface area contributed by atoms with E-state index in [1.54, 1.807) is 4.90 Å². The number of piperazine rings is 1. The molecule has 22 heavy (non-hydrogen) atoms. The van der Waals surface area contributed by atoms with E-state index in [1.165, 1.54) is 4.90 Å². The average molecular weight is 354 g/mol. The molecule has 2 amide bonds. The van der Waals surface area contributed by atoms with Crippen molar-refractivity contribution in [3.63, 3.8) is 0 Å². The summed E-state index contributed by atoms with van der Waals surface area (Å²) in [6.45, 7) is 4.59. The third-order valence-corrected chi connectivity index (χ3v) is 4.66. The molecule has 2 aliphatic rings. The second-order valence-corrected chi connectivity index (χ2v) is 8.11. The number of halogens is 1. The Hall–Kier alpha value is -0.900. The van der Waals surface area contributed by atoms with Crippen molar-refractivity contribution < 1.29 is 22.7 Å². The van der Waals surface area contributed by atoms with Gasteiger partial charge in [-0.3, -0.25) is 14.5 Å². The maximum Gasteiger partial charge on any atom is 0.241 e. The molecule has 0 spiro atoms. The summed E-state index contributed by atoms with van der Waals surface area (Å²) in [4.78, 5) is 29.1. The summed E-state index contributed by atoms with van der Waals surface area (Å²) in [5, 5.41) is 0. The fourth-order valence-electron chi connectivity index (χ4n) is 2.50. The topological polar surface area (TPSA) is 87.2 Å². The minimum Gasteiger partial charge on any atom is -0.378 e. The Kier molecular flexibility index (Phi) is 6.01. The van der Waals surface area contributed by atoms with E-state index in [0.29, 0.717) is 59.0 Å². The van der Waals surface area contributed by atoms with Gasteiger partial charge in [0.1, 0.15) is 5.75 Å². The van der Waals surface area contributed by atoms with Gasteiger partial charge in [0.05, 0.1) is 19.8 Å². The molecular weight excluding hydrogens is 334 g/mol. The van der Waals surface area contributed by atoms with E-state index >= 15 is 0 Å².